The van der Waals surface area contributed by atoms with Crippen LogP contribution < -0.4 is 0 Å². The summed E-state index contributed by atoms with van der Waals surface area (Å²) in [5.74, 6) is 1.71. The molecule has 0 bridgehead atoms. The molecule has 26 rings (SSSR count). The first-order valence-corrected chi connectivity index (χ1v) is 41.8. The molecule has 0 fully saturated rings. The Labute approximate surface area is 699 Å². The van der Waals surface area contributed by atoms with Crippen LogP contribution in [0.3, 0.4) is 0 Å². The molecule has 0 spiro atoms. The first-order valence-electron chi connectivity index (χ1n) is 41.8. The van der Waals surface area contributed by atoms with Gasteiger partial charge in [0.25, 0.3) is 0 Å². The topological polar surface area (TPSA) is 84.4 Å². The van der Waals surface area contributed by atoms with Gasteiger partial charge in [-0.05, 0) is 208 Å². The van der Waals surface area contributed by atoms with Crippen LogP contribution in [0.25, 0.3) is 243 Å². The fourth-order valence-corrected chi connectivity index (χ4v) is 20.7. The average Bonchev–Trinajstić information content (AvgIpc) is 1.50. The maximum atomic E-state index is 6.48. The van der Waals surface area contributed by atoms with Gasteiger partial charge in [-0.15, -0.1) is 0 Å². The second kappa shape index (κ2) is 25.9. The minimum Gasteiger partial charge on any atom is -0.438 e. The molecule has 18 aromatic carbocycles. The van der Waals surface area contributed by atoms with Gasteiger partial charge in [-0.25, -0.2) is 9.97 Å². The van der Waals surface area contributed by atoms with E-state index in [1.807, 2.05) is 18.3 Å². The van der Waals surface area contributed by atoms with Crippen LogP contribution in [0.2, 0.25) is 0 Å². The summed E-state index contributed by atoms with van der Waals surface area (Å²) >= 11 is 0. The van der Waals surface area contributed by atoms with Crippen molar-refractivity contribution >= 4 is 142 Å². The standard InChI is InChI=1S/C113H70N8O/c1-113(2)94-43-24-41-84-89-61-76(62-90(103(89)86-42-25-44-95(113)106(86)105(84)94)91-65-92-83-39-15-20-48-99(83)120(77-34-10-5-11-35-77)107(92)108-104(91)85-40-16-21-49-100(85)121(108)112-116-109(69-26-6-3-7-27-69)115-110(117-112)70-28-8-4-9-29-70)74-33-23-32-73(59-74)72-31-22-30-71(58-72)67-50-52-68(53-51-67)75-54-56-101-87(60-75)82-38-14-19-47-98(82)118(101)78-55-57-102-88(63-78)93-64-79(66-114-111(93)122-102)119-96-45-17-12-36-80(96)81-37-13-18-46-97(81)119/h3-66H,1-2H3. The first kappa shape index (κ1) is 68.0. The number of para-hydroxylation sites is 6. The molecular formula is C113H70N8O. The molecule has 0 aliphatic heterocycles. The number of hydrogen-bond donors (Lipinski definition) is 0. The van der Waals surface area contributed by atoms with Crippen molar-refractivity contribution in [1.29, 1.82) is 0 Å². The second-order valence-electron chi connectivity index (χ2n) is 33.1. The molecule has 25 aromatic rings. The van der Waals surface area contributed by atoms with Crippen LogP contribution in [0, 0.1) is 0 Å². The van der Waals surface area contributed by atoms with Crippen molar-refractivity contribution < 1.29 is 4.42 Å². The van der Waals surface area contributed by atoms with Gasteiger partial charge in [0.15, 0.2) is 11.6 Å². The van der Waals surface area contributed by atoms with Gasteiger partial charge in [0.05, 0.1) is 61.4 Å². The smallest absolute Gasteiger partial charge is 0.238 e. The van der Waals surface area contributed by atoms with E-state index in [1.54, 1.807) is 0 Å². The number of rotatable bonds is 11. The van der Waals surface area contributed by atoms with E-state index in [4.69, 9.17) is 24.4 Å². The zero-order valence-electron chi connectivity index (χ0n) is 66.4. The summed E-state index contributed by atoms with van der Waals surface area (Å²) in [4.78, 5) is 21.4. The largest absolute Gasteiger partial charge is 0.438 e. The van der Waals surface area contributed by atoms with Crippen molar-refractivity contribution in [3.63, 3.8) is 0 Å². The summed E-state index contributed by atoms with van der Waals surface area (Å²) in [5, 5.41) is 18.8. The number of aromatic nitrogens is 8. The van der Waals surface area contributed by atoms with E-state index in [9.17, 15) is 0 Å². The third kappa shape index (κ3) is 9.99. The highest BCUT2D eigenvalue weighted by Gasteiger charge is 2.36. The molecule has 1 aliphatic carbocycles. The van der Waals surface area contributed by atoms with Crippen LogP contribution in [0.5, 0.6) is 0 Å². The Hall–Kier alpha value is -16.1. The summed E-state index contributed by atoms with van der Waals surface area (Å²) in [7, 11) is 0. The van der Waals surface area contributed by atoms with Gasteiger partial charge in [-0.3, -0.25) is 4.57 Å². The number of benzene rings is 18. The highest BCUT2D eigenvalue weighted by molar-refractivity contribution is 6.35. The minimum absolute atomic E-state index is 0.230. The normalized spacial score (nSPS) is 12.7. The fraction of sp³-hybridized carbons (Fsp3) is 0.0265. The minimum atomic E-state index is -0.230. The quantitative estimate of drug-likeness (QED) is 0.121. The van der Waals surface area contributed by atoms with Crippen molar-refractivity contribution in [2.75, 3.05) is 0 Å². The molecule has 0 saturated heterocycles. The third-order valence-electron chi connectivity index (χ3n) is 26.2. The van der Waals surface area contributed by atoms with E-state index in [0.717, 1.165) is 166 Å². The van der Waals surface area contributed by atoms with Crippen molar-refractivity contribution in [1.82, 2.24) is 38.2 Å². The van der Waals surface area contributed by atoms with E-state index < -0.39 is 0 Å². The molecule has 0 unspecified atom stereocenters. The Balaban J connectivity index is 0.614. The number of furan rings is 1. The van der Waals surface area contributed by atoms with Gasteiger partial charge in [-0.2, -0.15) is 9.97 Å². The van der Waals surface area contributed by atoms with E-state index in [2.05, 4.69) is 402 Å². The molecule has 568 valence electrons. The van der Waals surface area contributed by atoms with Crippen LogP contribution >= 0.6 is 0 Å². The molecule has 7 aromatic heterocycles. The maximum Gasteiger partial charge on any atom is 0.238 e. The molecule has 1 aliphatic rings. The van der Waals surface area contributed by atoms with Gasteiger partial charge in [0.2, 0.25) is 11.7 Å². The monoisotopic (exact) mass is 1550 g/mol. The Morgan fingerprint density at radius 1 is 0.238 bits per heavy atom. The zero-order valence-corrected chi connectivity index (χ0v) is 66.4. The van der Waals surface area contributed by atoms with E-state index in [1.165, 1.54) is 65.0 Å². The van der Waals surface area contributed by atoms with Gasteiger partial charge < -0.3 is 18.1 Å². The lowest BCUT2D eigenvalue weighted by atomic mass is 9.82. The SMILES string of the molecule is CC1(C)c2cccc3c4cc(-c5cccc(-c6cccc(-c7ccc(-c8ccc9c(c8)c8ccccc8n9-c8ccc9oc%10ncc(-n%11c%12ccccc%12c%12ccccc%12%11)cc%10c9c8)cc7)c6)c5)cc(-c5cc6c7ccccc7n(-c7ccccc7)c6c6c5c5ccccc5n6-c5nc(-c6ccccc6)nc(-c6ccccc6)n5)c4c4cccc1c4c23. The lowest BCUT2D eigenvalue weighted by Crippen LogP contribution is -2.14. The average molecular weight is 1560 g/mol. The molecule has 7 heterocycles. The first-order chi connectivity index (χ1) is 60.3. The fourth-order valence-electron chi connectivity index (χ4n) is 20.7. The number of hydrogen-bond acceptors (Lipinski definition) is 5. The van der Waals surface area contributed by atoms with Crippen LogP contribution in [-0.4, -0.2) is 38.2 Å². The number of fused-ring (bicyclic) bond motifs is 19. The van der Waals surface area contributed by atoms with E-state index in [-0.39, 0.29) is 5.41 Å². The Morgan fingerprint density at radius 3 is 1.30 bits per heavy atom. The Kier molecular flexibility index (Phi) is 14.5. The predicted octanol–water partition coefficient (Wildman–Crippen LogP) is 29.3. The van der Waals surface area contributed by atoms with Crippen LogP contribution in [0.1, 0.15) is 25.0 Å². The highest BCUT2D eigenvalue weighted by atomic mass is 16.3. The van der Waals surface area contributed by atoms with Crippen LogP contribution in [0.4, 0.5) is 0 Å². The molecule has 9 nitrogen and oxygen atoms in total. The number of pyridine rings is 1. The Morgan fingerprint density at radius 2 is 0.680 bits per heavy atom. The third-order valence-corrected chi connectivity index (χ3v) is 26.2. The Bertz CT molecular complexity index is 8670. The summed E-state index contributed by atoms with van der Waals surface area (Å²) in [6.07, 6.45) is 1.93. The van der Waals surface area contributed by atoms with Crippen molar-refractivity contribution in [3.8, 4) is 101 Å². The lowest BCUT2D eigenvalue weighted by molar-refractivity contribution is 0.654. The second-order valence-corrected chi connectivity index (χ2v) is 33.1. The van der Waals surface area contributed by atoms with Crippen LogP contribution in [-0.2, 0) is 5.41 Å². The van der Waals surface area contributed by atoms with Crippen molar-refractivity contribution in [2.24, 2.45) is 0 Å². The van der Waals surface area contributed by atoms with Gasteiger partial charge in [-0.1, -0.05) is 287 Å². The van der Waals surface area contributed by atoms with Crippen molar-refractivity contribution in [3.05, 3.63) is 400 Å². The van der Waals surface area contributed by atoms with Gasteiger partial charge in [0.1, 0.15) is 5.58 Å². The summed E-state index contributed by atoms with van der Waals surface area (Å²) in [6.45, 7) is 4.81. The predicted molar refractivity (Wildman–Crippen MR) is 505 cm³/mol. The van der Waals surface area contributed by atoms with E-state index >= 15 is 0 Å². The highest BCUT2D eigenvalue weighted by Crippen LogP contribution is 2.56. The van der Waals surface area contributed by atoms with Gasteiger partial charge in [0, 0.05) is 76.4 Å². The molecule has 0 saturated carbocycles. The number of nitrogens with zero attached hydrogens (tertiary/aromatic N) is 8. The molecule has 0 radical (unpaired) electrons. The zero-order chi connectivity index (χ0) is 80.2. The van der Waals surface area contributed by atoms with E-state index in [0.29, 0.717) is 23.3 Å². The summed E-state index contributed by atoms with van der Waals surface area (Å²) in [5.41, 5.74) is 28.9. The summed E-state index contributed by atoms with van der Waals surface area (Å²) in [6, 6.07) is 140. The lowest BCUT2D eigenvalue weighted by Gasteiger charge is -2.21. The molecule has 122 heavy (non-hydrogen) atoms. The molecular weight excluding hydrogens is 1490 g/mol. The molecule has 0 amide bonds. The van der Waals surface area contributed by atoms with Crippen molar-refractivity contribution in [2.45, 2.75) is 19.3 Å². The maximum absolute atomic E-state index is 6.48. The molecule has 0 N–H and O–H groups in total. The van der Waals surface area contributed by atoms with Crippen LogP contribution in [0.15, 0.2) is 393 Å². The molecule has 9 heteroatoms. The van der Waals surface area contributed by atoms with Gasteiger partial charge >= 0.3 is 0 Å². The summed E-state index contributed by atoms with van der Waals surface area (Å²) < 4.78 is 16.0. The molecule has 0 atom stereocenters.